The van der Waals surface area contributed by atoms with Crippen LogP contribution in [0.25, 0.3) is 0 Å². The first-order chi connectivity index (χ1) is 9.22. The van der Waals surface area contributed by atoms with Gasteiger partial charge in [0.05, 0.1) is 6.33 Å². The first-order valence-corrected chi connectivity index (χ1v) is 6.63. The lowest BCUT2D eigenvalue weighted by Gasteiger charge is -2.08. The molecule has 1 aromatic heterocycles. The molecule has 0 aliphatic heterocycles. The van der Waals surface area contributed by atoms with Gasteiger partial charge in [0.1, 0.15) is 0 Å². The fourth-order valence-electron chi connectivity index (χ4n) is 1.54. The maximum Gasteiger partial charge on any atom is 0.204 e. The second-order valence-corrected chi connectivity index (χ2v) is 4.78. The van der Waals surface area contributed by atoms with Crippen LogP contribution in [0.2, 0.25) is 0 Å². The Hall–Kier alpha value is -2.03. The Labute approximate surface area is 114 Å². The molecule has 0 aliphatic rings. The number of rotatable bonds is 7. The minimum absolute atomic E-state index is 0.484. The monoisotopic (exact) mass is 262 g/mol. The maximum atomic E-state index is 8.64. The van der Waals surface area contributed by atoms with Crippen LogP contribution in [0.3, 0.4) is 0 Å². The minimum Gasteiger partial charge on any atom is -0.356 e. The number of nitrogens with zero attached hydrogens (tertiary/aromatic N) is 3. The zero-order chi connectivity index (χ0) is 13.9. The van der Waals surface area contributed by atoms with Crippen LogP contribution in [-0.2, 0) is 6.42 Å². The van der Waals surface area contributed by atoms with Crippen molar-refractivity contribution in [2.45, 2.75) is 33.1 Å². The van der Waals surface area contributed by atoms with E-state index >= 15 is 0 Å². The standard InChI is InChI=1S/C13H22N6/c1-11(2)7-17-13(18-9-14)16-6-4-3-5-12-8-15-10-19-12/h8,10-11H,3-7H2,1-2H3,(H,15,19)(H2,16,17,18). The fourth-order valence-corrected chi connectivity index (χ4v) is 1.54. The number of nitrogens with one attached hydrogen (secondary N) is 3. The third-order valence-electron chi connectivity index (χ3n) is 2.51. The van der Waals surface area contributed by atoms with Gasteiger partial charge in [-0.05, 0) is 25.2 Å². The van der Waals surface area contributed by atoms with E-state index in [-0.39, 0.29) is 0 Å². The molecule has 0 spiro atoms. The number of nitriles is 1. The first kappa shape index (κ1) is 15.0. The second kappa shape index (κ2) is 8.97. The topological polar surface area (TPSA) is 88.9 Å². The van der Waals surface area contributed by atoms with Crippen molar-refractivity contribution in [1.82, 2.24) is 20.6 Å². The Bertz CT molecular complexity index is 401. The highest BCUT2D eigenvalue weighted by atomic mass is 15.2. The van der Waals surface area contributed by atoms with E-state index in [1.165, 1.54) is 0 Å². The number of aromatic amines is 1. The molecule has 0 radical (unpaired) electrons. The summed E-state index contributed by atoms with van der Waals surface area (Å²) in [4.78, 5) is 11.4. The summed E-state index contributed by atoms with van der Waals surface area (Å²) in [6.07, 6.45) is 8.52. The van der Waals surface area contributed by atoms with E-state index in [0.717, 1.165) is 31.5 Å². The molecular weight excluding hydrogens is 240 g/mol. The molecule has 1 rings (SSSR count). The average molecular weight is 262 g/mol. The number of aromatic nitrogens is 2. The third-order valence-corrected chi connectivity index (χ3v) is 2.51. The second-order valence-electron chi connectivity index (χ2n) is 4.78. The van der Waals surface area contributed by atoms with E-state index < -0.39 is 0 Å². The van der Waals surface area contributed by atoms with Crippen molar-refractivity contribution in [2.24, 2.45) is 10.9 Å². The zero-order valence-corrected chi connectivity index (χ0v) is 11.6. The van der Waals surface area contributed by atoms with Gasteiger partial charge in [0, 0.05) is 25.0 Å². The Morgan fingerprint density at radius 3 is 3.00 bits per heavy atom. The Morgan fingerprint density at radius 2 is 2.37 bits per heavy atom. The molecule has 0 fully saturated rings. The van der Waals surface area contributed by atoms with E-state index in [1.54, 1.807) is 6.33 Å². The van der Waals surface area contributed by atoms with Crippen LogP contribution in [-0.4, -0.2) is 29.0 Å². The van der Waals surface area contributed by atoms with Crippen molar-refractivity contribution in [3.63, 3.8) is 0 Å². The molecule has 104 valence electrons. The van der Waals surface area contributed by atoms with Crippen molar-refractivity contribution >= 4 is 5.96 Å². The lowest BCUT2D eigenvalue weighted by atomic mass is 10.2. The molecule has 0 bridgehead atoms. The number of aliphatic imine (C=N–C) groups is 1. The number of guanidine groups is 1. The van der Waals surface area contributed by atoms with Crippen LogP contribution in [0.1, 0.15) is 32.4 Å². The van der Waals surface area contributed by atoms with Crippen LogP contribution in [0.5, 0.6) is 0 Å². The van der Waals surface area contributed by atoms with Crippen LogP contribution in [0.4, 0.5) is 0 Å². The fraction of sp³-hybridized carbons (Fsp3) is 0.615. The molecule has 19 heavy (non-hydrogen) atoms. The van der Waals surface area contributed by atoms with Crippen LogP contribution < -0.4 is 10.6 Å². The smallest absolute Gasteiger partial charge is 0.204 e. The van der Waals surface area contributed by atoms with E-state index in [0.29, 0.717) is 18.4 Å². The summed E-state index contributed by atoms with van der Waals surface area (Å²) in [5, 5.41) is 14.4. The maximum absolute atomic E-state index is 8.64. The normalized spacial score (nSPS) is 11.4. The summed E-state index contributed by atoms with van der Waals surface area (Å²) >= 11 is 0. The predicted molar refractivity (Wildman–Crippen MR) is 75.4 cm³/mol. The summed E-state index contributed by atoms with van der Waals surface area (Å²) in [6, 6.07) is 0. The van der Waals surface area contributed by atoms with E-state index in [4.69, 9.17) is 5.26 Å². The van der Waals surface area contributed by atoms with Crippen LogP contribution in [0, 0.1) is 17.4 Å². The van der Waals surface area contributed by atoms with Crippen molar-refractivity contribution in [2.75, 3.05) is 13.1 Å². The van der Waals surface area contributed by atoms with Crippen LogP contribution in [0.15, 0.2) is 17.5 Å². The Balaban J connectivity index is 2.17. The van der Waals surface area contributed by atoms with Crippen molar-refractivity contribution in [3.8, 4) is 6.19 Å². The number of unbranched alkanes of at least 4 members (excludes halogenated alkanes) is 1. The molecule has 0 amide bonds. The van der Waals surface area contributed by atoms with Crippen LogP contribution >= 0.6 is 0 Å². The van der Waals surface area contributed by atoms with Gasteiger partial charge in [0.25, 0.3) is 0 Å². The highest BCUT2D eigenvalue weighted by molar-refractivity contribution is 5.81. The lowest BCUT2D eigenvalue weighted by Crippen LogP contribution is -2.35. The number of imidazole rings is 1. The van der Waals surface area contributed by atoms with Gasteiger partial charge in [-0.25, -0.2) is 4.98 Å². The van der Waals surface area contributed by atoms with Crippen molar-refractivity contribution in [1.29, 1.82) is 5.26 Å². The Morgan fingerprint density at radius 1 is 1.53 bits per heavy atom. The SMILES string of the molecule is CC(C)CN=C(NC#N)NCCCCc1cnc[nH]1. The van der Waals surface area contributed by atoms with Gasteiger partial charge in [0.2, 0.25) is 5.96 Å². The minimum atomic E-state index is 0.484. The van der Waals surface area contributed by atoms with Crippen molar-refractivity contribution in [3.05, 3.63) is 18.2 Å². The molecule has 6 nitrogen and oxygen atoms in total. The van der Waals surface area contributed by atoms with Gasteiger partial charge >= 0.3 is 0 Å². The highest BCUT2D eigenvalue weighted by Crippen LogP contribution is 1.99. The largest absolute Gasteiger partial charge is 0.356 e. The molecule has 6 heteroatoms. The van der Waals surface area contributed by atoms with Gasteiger partial charge < -0.3 is 10.3 Å². The zero-order valence-electron chi connectivity index (χ0n) is 11.6. The number of hydrogen-bond acceptors (Lipinski definition) is 3. The van der Waals surface area contributed by atoms with Gasteiger partial charge in [-0.2, -0.15) is 5.26 Å². The molecule has 0 unspecified atom stereocenters. The highest BCUT2D eigenvalue weighted by Gasteiger charge is 1.99. The molecule has 1 heterocycles. The number of aryl methyl sites for hydroxylation is 1. The molecule has 3 N–H and O–H groups in total. The summed E-state index contributed by atoms with van der Waals surface area (Å²) in [7, 11) is 0. The molecule has 0 saturated carbocycles. The summed E-state index contributed by atoms with van der Waals surface area (Å²) in [5.41, 5.74) is 1.16. The summed E-state index contributed by atoms with van der Waals surface area (Å²) in [5.74, 6) is 1.05. The molecule has 1 aromatic rings. The molecule has 0 aromatic carbocycles. The predicted octanol–water partition coefficient (Wildman–Crippen LogP) is 1.40. The number of hydrogen-bond donors (Lipinski definition) is 3. The van der Waals surface area contributed by atoms with Gasteiger partial charge in [-0.1, -0.05) is 13.8 Å². The van der Waals surface area contributed by atoms with Gasteiger partial charge in [-0.3, -0.25) is 10.3 Å². The first-order valence-electron chi connectivity index (χ1n) is 6.63. The molecule has 0 atom stereocenters. The van der Waals surface area contributed by atoms with E-state index in [2.05, 4.69) is 39.4 Å². The average Bonchev–Trinajstić information content (AvgIpc) is 2.88. The summed E-state index contributed by atoms with van der Waals surface area (Å²) in [6.45, 7) is 5.71. The number of H-pyrrole nitrogens is 1. The van der Waals surface area contributed by atoms with Gasteiger partial charge in [-0.15, -0.1) is 0 Å². The quantitative estimate of drug-likeness (QED) is 0.228. The van der Waals surface area contributed by atoms with E-state index in [9.17, 15) is 0 Å². The summed E-state index contributed by atoms with van der Waals surface area (Å²) < 4.78 is 0. The molecule has 0 aliphatic carbocycles. The molecule has 0 saturated heterocycles. The molecular formula is C13H22N6. The Kier molecular flexibility index (Phi) is 7.10. The van der Waals surface area contributed by atoms with E-state index in [1.807, 2.05) is 12.4 Å². The third kappa shape index (κ3) is 7.09. The lowest BCUT2D eigenvalue weighted by molar-refractivity contribution is 0.653. The van der Waals surface area contributed by atoms with Gasteiger partial charge in [0.15, 0.2) is 6.19 Å². The van der Waals surface area contributed by atoms with Crippen molar-refractivity contribution < 1.29 is 0 Å².